The van der Waals surface area contributed by atoms with Gasteiger partial charge in [-0.15, -0.1) is 0 Å². The molecule has 0 bridgehead atoms. The van der Waals surface area contributed by atoms with Crippen LogP contribution in [0.5, 0.6) is 0 Å². The van der Waals surface area contributed by atoms with E-state index < -0.39 is 0 Å². The molecule has 1 unspecified atom stereocenters. The molecule has 5 heteroatoms. The van der Waals surface area contributed by atoms with E-state index in [2.05, 4.69) is 60.9 Å². The Balaban J connectivity index is 1.46. The van der Waals surface area contributed by atoms with Crippen LogP contribution in [0.3, 0.4) is 0 Å². The highest BCUT2D eigenvalue weighted by Crippen LogP contribution is 2.30. The third kappa shape index (κ3) is 5.60. The highest BCUT2D eigenvalue weighted by molar-refractivity contribution is 6.30. The minimum Gasteiger partial charge on any atom is -0.368 e. The molecule has 1 aliphatic rings. The second-order valence-electron chi connectivity index (χ2n) is 9.85. The summed E-state index contributed by atoms with van der Waals surface area (Å²) in [7, 11) is 0. The monoisotopic (exact) mass is 509 g/mol. The van der Waals surface area contributed by atoms with Gasteiger partial charge in [-0.3, -0.25) is 0 Å². The van der Waals surface area contributed by atoms with Crippen LogP contribution in [0.2, 0.25) is 5.02 Å². The van der Waals surface area contributed by atoms with Crippen LogP contribution in [0.25, 0.3) is 28.0 Å². The lowest BCUT2D eigenvalue weighted by Gasteiger charge is -2.31. The van der Waals surface area contributed by atoms with Gasteiger partial charge in [0.15, 0.2) is 0 Å². The van der Waals surface area contributed by atoms with Crippen LogP contribution in [0.15, 0.2) is 73.3 Å². The van der Waals surface area contributed by atoms with Crippen LogP contribution in [0, 0.1) is 0 Å². The summed E-state index contributed by atoms with van der Waals surface area (Å²) in [6.07, 6.45) is 6.07. The molecule has 0 fully saturated rings. The Labute approximate surface area is 224 Å². The average molecular weight is 510 g/mol. The van der Waals surface area contributed by atoms with Gasteiger partial charge < -0.3 is 9.69 Å². The fourth-order valence-electron chi connectivity index (χ4n) is 5.26. The predicted molar refractivity (Wildman–Crippen MR) is 153 cm³/mol. The molecule has 37 heavy (non-hydrogen) atoms. The van der Waals surface area contributed by atoms with E-state index in [9.17, 15) is 4.79 Å². The van der Waals surface area contributed by atoms with E-state index in [-0.39, 0.29) is 0 Å². The molecule has 0 saturated carbocycles. The molecule has 0 N–H and O–H groups in total. The van der Waals surface area contributed by atoms with Crippen molar-refractivity contribution in [3.8, 4) is 11.3 Å². The minimum absolute atomic E-state index is 0.360. The number of hydrogen-bond acceptors (Lipinski definition) is 4. The molecular formula is C32H32ClN3O. The predicted octanol–water partition coefficient (Wildman–Crippen LogP) is 7.32. The lowest BCUT2D eigenvalue weighted by Crippen LogP contribution is -2.32. The highest BCUT2D eigenvalue weighted by atomic mass is 35.5. The summed E-state index contributed by atoms with van der Waals surface area (Å²) in [5.74, 6) is 0. The lowest BCUT2D eigenvalue weighted by atomic mass is 10.0. The Bertz CT molecular complexity index is 1430. The number of unbranched alkanes of at least 4 members (excludes halogenated alkanes) is 2. The zero-order chi connectivity index (χ0) is 25.8. The van der Waals surface area contributed by atoms with E-state index in [0.29, 0.717) is 17.5 Å². The Kier molecular flexibility index (Phi) is 7.66. The molecule has 1 atom stereocenters. The number of aromatic nitrogens is 2. The van der Waals surface area contributed by atoms with Gasteiger partial charge in [0.05, 0.1) is 22.4 Å². The molecule has 4 aromatic rings. The van der Waals surface area contributed by atoms with Crippen molar-refractivity contribution in [2.24, 2.45) is 0 Å². The fourth-order valence-corrected chi connectivity index (χ4v) is 5.39. The first-order valence-corrected chi connectivity index (χ1v) is 13.4. The Hall–Kier alpha value is -3.50. The van der Waals surface area contributed by atoms with Crippen LogP contribution < -0.4 is 0 Å². The van der Waals surface area contributed by atoms with Crippen molar-refractivity contribution in [3.05, 3.63) is 101 Å². The summed E-state index contributed by atoms with van der Waals surface area (Å²) in [4.78, 5) is 23.3. The zero-order valence-electron chi connectivity index (χ0n) is 21.3. The normalized spacial score (nSPS) is 15.3. The van der Waals surface area contributed by atoms with Crippen LogP contribution >= 0.6 is 11.6 Å². The lowest BCUT2D eigenvalue weighted by molar-refractivity contribution is -0.107. The maximum atomic E-state index is 10.8. The van der Waals surface area contributed by atoms with Crippen molar-refractivity contribution in [1.82, 2.24) is 14.9 Å². The van der Waals surface area contributed by atoms with E-state index in [1.54, 1.807) is 0 Å². The van der Waals surface area contributed by atoms with Crippen LogP contribution in [-0.2, 0) is 24.1 Å². The van der Waals surface area contributed by atoms with Crippen molar-refractivity contribution < 1.29 is 4.79 Å². The first-order chi connectivity index (χ1) is 18.0. The second-order valence-corrected chi connectivity index (χ2v) is 10.3. The van der Waals surface area contributed by atoms with E-state index in [1.807, 2.05) is 24.3 Å². The maximum absolute atomic E-state index is 10.8. The molecule has 188 valence electrons. The third-order valence-electron chi connectivity index (χ3n) is 7.31. The summed E-state index contributed by atoms with van der Waals surface area (Å²) >= 11 is 6.13. The zero-order valence-corrected chi connectivity index (χ0v) is 22.0. The van der Waals surface area contributed by atoms with Crippen molar-refractivity contribution in [1.29, 1.82) is 0 Å². The Morgan fingerprint density at radius 1 is 1.03 bits per heavy atom. The molecule has 0 aliphatic carbocycles. The molecule has 1 aromatic heterocycles. The molecule has 0 radical (unpaired) electrons. The number of carbonyl (C=O) groups is 1. The average Bonchev–Trinajstić information content (AvgIpc) is 3.08. The van der Waals surface area contributed by atoms with Gasteiger partial charge in [0.2, 0.25) is 0 Å². The SMILES string of the molecule is C=C(c1ccc2nc(-c3ccc(Cl)cc3)c(CCCCC=O)nc2c1)N1CCc2ccccc2CC1C. The molecule has 0 saturated heterocycles. The quantitative estimate of drug-likeness (QED) is 0.184. The van der Waals surface area contributed by atoms with Crippen molar-refractivity contribution in [2.75, 3.05) is 6.54 Å². The molecule has 0 spiro atoms. The molecule has 5 rings (SSSR count). The van der Waals surface area contributed by atoms with E-state index in [1.165, 1.54) is 11.1 Å². The Morgan fingerprint density at radius 2 is 1.81 bits per heavy atom. The summed E-state index contributed by atoms with van der Waals surface area (Å²) in [6.45, 7) is 7.73. The number of aryl methyl sites for hydroxylation is 1. The van der Waals surface area contributed by atoms with E-state index >= 15 is 0 Å². The highest BCUT2D eigenvalue weighted by Gasteiger charge is 2.22. The van der Waals surface area contributed by atoms with Gasteiger partial charge in [-0.1, -0.05) is 60.6 Å². The van der Waals surface area contributed by atoms with Gasteiger partial charge in [0, 0.05) is 35.3 Å². The first kappa shape index (κ1) is 25.2. The smallest absolute Gasteiger partial charge is 0.119 e. The van der Waals surface area contributed by atoms with Crippen molar-refractivity contribution >= 4 is 34.6 Å². The van der Waals surface area contributed by atoms with E-state index in [4.69, 9.17) is 21.6 Å². The van der Waals surface area contributed by atoms with Gasteiger partial charge in [-0.2, -0.15) is 0 Å². The molecule has 1 aliphatic heterocycles. The molecule has 3 aromatic carbocycles. The molecule has 0 amide bonds. The number of fused-ring (bicyclic) bond motifs is 2. The number of carbonyl (C=O) groups excluding carboxylic acids is 1. The molecular weight excluding hydrogens is 478 g/mol. The van der Waals surface area contributed by atoms with Gasteiger partial charge >= 0.3 is 0 Å². The van der Waals surface area contributed by atoms with Crippen molar-refractivity contribution in [3.63, 3.8) is 0 Å². The third-order valence-corrected chi connectivity index (χ3v) is 7.56. The maximum Gasteiger partial charge on any atom is 0.119 e. The minimum atomic E-state index is 0.360. The Morgan fingerprint density at radius 3 is 2.59 bits per heavy atom. The first-order valence-electron chi connectivity index (χ1n) is 13.1. The number of benzene rings is 3. The number of nitrogens with zero attached hydrogens (tertiary/aromatic N) is 3. The number of halogens is 1. The number of aldehydes is 1. The summed E-state index contributed by atoms with van der Waals surface area (Å²) < 4.78 is 0. The number of rotatable bonds is 8. The molecule has 4 nitrogen and oxygen atoms in total. The summed E-state index contributed by atoms with van der Waals surface area (Å²) in [5.41, 5.74) is 9.51. The number of hydrogen-bond donors (Lipinski definition) is 0. The fraction of sp³-hybridized carbons (Fsp3) is 0.281. The second kappa shape index (κ2) is 11.3. The van der Waals surface area contributed by atoms with E-state index in [0.717, 1.165) is 84.2 Å². The molecule has 2 heterocycles. The van der Waals surface area contributed by atoms with Crippen LogP contribution in [-0.4, -0.2) is 33.7 Å². The van der Waals surface area contributed by atoms with Gasteiger partial charge in [0.1, 0.15) is 6.29 Å². The topological polar surface area (TPSA) is 46.1 Å². The largest absolute Gasteiger partial charge is 0.368 e. The summed E-state index contributed by atoms with van der Waals surface area (Å²) in [6, 6.07) is 23.1. The summed E-state index contributed by atoms with van der Waals surface area (Å²) in [5, 5.41) is 0.694. The van der Waals surface area contributed by atoms with Gasteiger partial charge in [-0.05, 0) is 80.0 Å². The standard InChI is InChI=1S/C32H32ClN3O/c1-22-20-27-9-6-5-8-24(27)17-18-36(22)23(2)26-13-16-29-31(21-26)34-30(10-4-3-7-19-37)32(35-29)25-11-14-28(33)15-12-25/h5-6,8-9,11-16,19,21-22H,2-4,7,10,17-18,20H2,1H3. The van der Waals surface area contributed by atoms with Crippen LogP contribution in [0.1, 0.15) is 48.6 Å². The van der Waals surface area contributed by atoms with Gasteiger partial charge in [0.25, 0.3) is 0 Å². The van der Waals surface area contributed by atoms with Crippen molar-refractivity contribution in [2.45, 2.75) is 51.5 Å². The van der Waals surface area contributed by atoms with Crippen LogP contribution in [0.4, 0.5) is 0 Å². The van der Waals surface area contributed by atoms with Gasteiger partial charge in [-0.25, -0.2) is 9.97 Å².